The largest absolute Gasteiger partial charge is 0.478 e. The molecule has 0 atom stereocenters. The van der Waals surface area contributed by atoms with Crippen LogP contribution in [0.1, 0.15) is 54.4 Å². The first kappa shape index (κ1) is 17.5. The molecule has 0 aliphatic heterocycles. The number of benzene rings is 2. The predicted molar refractivity (Wildman–Crippen MR) is 108 cm³/mol. The molecule has 1 N–H and O–H groups in total. The Labute approximate surface area is 164 Å². The van der Waals surface area contributed by atoms with Crippen LogP contribution in [0.5, 0.6) is 0 Å². The topological polar surface area (TPSA) is 59.7 Å². The number of carboxylic acids is 1. The van der Waals surface area contributed by atoms with E-state index in [1.165, 1.54) is 24.8 Å². The number of fused-ring (bicyclic) bond motifs is 4. The van der Waals surface area contributed by atoms with E-state index in [0.717, 1.165) is 30.2 Å². The third-order valence-corrected chi connectivity index (χ3v) is 7.17. The Morgan fingerprint density at radius 1 is 1.00 bits per heavy atom. The first-order valence-electron chi connectivity index (χ1n) is 9.96. The maximum Gasteiger partial charge on any atom is 0.339 e. The molecule has 0 spiro atoms. The van der Waals surface area contributed by atoms with Gasteiger partial charge in [-0.25, -0.2) is 4.79 Å². The Balaban J connectivity index is 1.46. The first-order valence-corrected chi connectivity index (χ1v) is 9.96. The second-order valence-electron chi connectivity index (χ2n) is 8.38. The lowest BCUT2D eigenvalue weighted by atomic mass is 9.56. The van der Waals surface area contributed by atoms with Crippen molar-refractivity contribution in [3.63, 3.8) is 0 Å². The van der Waals surface area contributed by atoms with E-state index in [-0.39, 0.29) is 16.6 Å². The second-order valence-corrected chi connectivity index (χ2v) is 8.38. The highest BCUT2D eigenvalue weighted by Gasteiger charge is 2.49. The molecule has 6 rings (SSSR count). The number of ether oxygens (including phenoxy) is 1. The number of hydrogen-bond donors (Lipinski definition) is 1. The van der Waals surface area contributed by atoms with Crippen LogP contribution < -0.4 is 0 Å². The molecule has 3 fully saturated rings. The molecule has 0 amide bonds. The number of carboxylic acid groups (broad SMARTS) is 1. The molecule has 28 heavy (non-hydrogen) atoms. The van der Waals surface area contributed by atoms with Crippen molar-refractivity contribution in [1.82, 2.24) is 0 Å². The quantitative estimate of drug-likeness (QED) is 0.626. The molecule has 0 radical (unpaired) electrons. The van der Waals surface area contributed by atoms with Gasteiger partial charge in [0.1, 0.15) is 16.9 Å². The molecule has 3 aliphatic carbocycles. The summed E-state index contributed by atoms with van der Waals surface area (Å²) in [7, 11) is 1.86. The summed E-state index contributed by atoms with van der Waals surface area (Å²) in [4.78, 5) is 11.4. The lowest BCUT2D eigenvalue weighted by molar-refractivity contribution is -0.0955. The molecule has 1 heterocycles. The van der Waals surface area contributed by atoms with Gasteiger partial charge in [-0.2, -0.15) is 0 Å². The highest BCUT2D eigenvalue weighted by atomic mass is 16.5. The van der Waals surface area contributed by atoms with E-state index in [1.807, 2.05) is 19.2 Å². The van der Waals surface area contributed by atoms with E-state index < -0.39 is 5.97 Å². The monoisotopic (exact) mass is 376 g/mol. The smallest absolute Gasteiger partial charge is 0.339 e. The number of aromatic carboxylic acids is 1. The molecule has 4 nitrogen and oxygen atoms in total. The van der Waals surface area contributed by atoms with Crippen LogP contribution in [0.25, 0.3) is 22.3 Å². The molecule has 3 aromatic rings. The minimum Gasteiger partial charge on any atom is -0.478 e. The third-order valence-electron chi connectivity index (χ3n) is 7.17. The standard InChI is InChI=1S/C24H24O4/c1-27-24-12-9-23(10-13-24,11-14-24)18-7-5-16(6-8-18)20-15-17-3-2-4-19(22(25)26)21(17)28-20/h2-8,15H,9-14H2,1H3,(H,25,26). The summed E-state index contributed by atoms with van der Waals surface area (Å²) in [5.74, 6) is -0.263. The van der Waals surface area contributed by atoms with Crippen LogP contribution in [0.4, 0.5) is 0 Å². The summed E-state index contributed by atoms with van der Waals surface area (Å²) >= 11 is 0. The zero-order valence-electron chi connectivity index (χ0n) is 16.0. The average Bonchev–Trinajstić information content (AvgIpc) is 3.19. The van der Waals surface area contributed by atoms with Gasteiger partial charge in [-0.15, -0.1) is 0 Å². The van der Waals surface area contributed by atoms with Crippen molar-refractivity contribution >= 4 is 16.9 Å². The van der Waals surface area contributed by atoms with Crippen molar-refractivity contribution < 1.29 is 19.1 Å². The summed E-state index contributed by atoms with van der Waals surface area (Å²) in [6.45, 7) is 0. The Bertz CT molecular complexity index is 1020. The number of para-hydroxylation sites is 1. The Kier molecular flexibility index (Phi) is 3.88. The van der Waals surface area contributed by atoms with E-state index in [9.17, 15) is 9.90 Å². The Morgan fingerprint density at radius 2 is 1.68 bits per heavy atom. The van der Waals surface area contributed by atoms with E-state index in [2.05, 4.69) is 24.3 Å². The van der Waals surface area contributed by atoms with Crippen molar-refractivity contribution in [2.24, 2.45) is 0 Å². The van der Waals surface area contributed by atoms with Crippen molar-refractivity contribution in [2.45, 2.75) is 49.5 Å². The van der Waals surface area contributed by atoms with Crippen LogP contribution in [-0.2, 0) is 10.2 Å². The van der Waals surface area contributed by atoms with Crippen LogP contribution in [0.3, 0.4) is 0 Å². The van der Waals surface area contributed by atoms with Crippen LogP contribution in [-0.4, -0.2) is 23.8 Å². The number of furan rings is 1. The van der Waals surface area contributed by atoms with Gasteiger partial charge in [0.25, 0.3) is 0 Å². The van der Waals surface area contributed by atoms with Gasteiger partial charge in [0.15, 0.2) is 0 Å². The SMILES string of the molecule is COC12CCC(c3ccc(-c4cc5cccc(C(=O)O)c5o4)cc3)(CC1)CC2. The van der Waals surface area contributed by atoms with Crippen molar-refractivity contribution in [3.8, 4) is 11.3 Å². The molecule has 0 unspecified atom stereocenters. The summed E-state index contributed by atoms with van der Waals surface area (Å²) in [6, 6.07) is 15.8. The van der Waals surface area contributed by atoms with E-state index in [4.69, 9.17) is 9.15 Å². The van der Waals surface area contributed by atoms with Crippen molar-refractivity contribution in [3.05, 3.63) is 59.7 Å². The summed E-state index contributed by atoms with van der Waals surface area (Å²) in [5, 5.41) is 10.2. The van der Waals surface area contributed by atoms with Crippen molar-refractivity contribution in [2.75, 3.05) is 7.11 Å². The van der Waals surface area contributed by atoms with Crippen molar-refractivity contribution in [1.29, 1.82) is 0 Å². The fourth-order valence-corrected chi connectivity index (χ4v) is 5.25. The molecule has 0 saturated heterocycles. The zero-order chi connectivity index (χ0) is 19.4. The number of carbonyl (C=O) groups is 1. The van der Waals surface area contributed by atoms with Crippen LogP contribution in [0.15, 0.2) is 52.9 Å². The van der Waals surface area contributed by atoms with E-state index in [0.29, 0.717) is 11.3 Å². The molecule has 144 valence electrons. The van der Waals surface area contributed by atoms with Gasteiger partial charge in [0.2, 0.25) is 0 Å². The van der Waals surface area contributed by atoms with Gasteiger partial charge in [-0.3, -0.25) is 0 Å². The average molecular weight is 376 g/mol. The molecule has 1 aromatic heterocycles. The first-order chi connectivity index (χ1) is 13.5. The molecule has 4 heteroatoms. The van der Waals surface area contributed by atoms with Gasteiger partial charge in [-0.05, 0) is 61.6 Å². The van der Waals surface area contributed by atoms with Crippen LogP contribution in [0, 0.1) is 0 Å². The lowest BCUT2D eigenvalue weighted by Gasteiger charge is -2.53. The molecular weight excluding hydrogens is 352 g/mol. The van der Waals surface area contributed by atoms with E-state index >= 15 is 0 Å². The van der Waals surface area contributed by atoms with Crippen LogP contribution >= 0.6 is 0 Å². The van der Waals surface area contributed by atoms with Crippen LogP contribution in [0.2, 0.25) is 0 Å². The van der Waals surface area contributed by atoms with Gasteiger partial charge in [0.05, 0.1) is 5.60 Å². The lowest BCUT2D eigenvalue weighted by Crippen LogP contribution is -2.49. The van der Waals surface area contributed by atoms with Gasteiger partial charge in [0, 0.05) is 18.1 Å². The number of hydrogen-bond acceptors (Lipinski definition) is 3. The Morgan fingerprint density at radius 3 is 2.29 bits per heavy atom. The fraction of sp³-hybridized carbons (Fsp3) is 0.375. The Hall–Kier alpha value is -2.59. The molecular formula is C24H24O4. The second kappa shape index (κ2) is 6.21. The highest BCUT2D eigenvalue weighted by Crippen LogP contribution is 2.54. The zero-order valence-corrected chi connectivity index (χ0v) is 16.0. The summed E-state index contributed by atoms with van der Waals surface area (Å²) in [6.07, 6.45) is 7.00. The fourth-order valence-electron chi connectivity index (χ4n) is 5.25. The third kappa shape index (κ3) is 2.59. The molecule has 2 aromatic carbocycles. The number of rotatable bonds is 4. The molecule has 2 bridgehead atoms. The van der Waals surface area contributed by atoms with E-state index in [1.54, 1.807) is 12.1 Å². The van der Waals surface area contributed by atoms with Gasteiger partial charge < -0.3 is 14.3 Å². The maximum absolute atomic E-state index is 11.4. The van der Waals surface area contributed by atoms with Gasteiger partial charge in [-0.1, -0.05) is 36.4 Å². The number of methoxy groups -OCH3 is 1. The molecule has 3 saturated carbocycles. The summed E-state index contributed by atoms with van der Waals surface area (Å²) in [5.41, 5.74) is 3.42. The normalized spacial score (nSPS) is 26.6. The maximum atomic E-state index is 11.4. The minimum absolute atomic E-state index is 0.123. The van der Waals surface area contributed by atoms with Gasteiger partial charge >= 0.3 is 5.97 Å². The molecule has 3 aliphatic rings. The predicted octanol–water partition coefficient (Wildman–Crippen LogP) is 5.79. The highest BCUT2D eigenvalue weighted by molar-refractivity contribution is 6.02. The minimum atomic E-state index is -0.970. The summed E-state index contributed by atoms with van der Waals surface area (Å²) < 4.78 is 11.7.